The van der Waals surface area contributed by atoms with Crippen LogP contribution in [0.1, 0.15) is 0 Å². The van der Waals surface area contributed by atoms with Gasteiger partial charge in [0.2, 0.25) is 0 Å². The summed E-state index contributed by atoms with van der Waals surface area (Å²) in [6.45, 7) is 1.92. The molecule has 90 valence electrons. The maximum absolute atomic E-state index is 6.11. The lowest BCUT2D eigenvalue weighted by molar-refractivity contribution is 0.425. The summed E-state index contributed by atoms with van der Waals surface area (Å²) in [6.07, 6.45) is 3.50. The molecule has 1 N–H and O–H groups in total. The SMILES string of the molecule is CN(C)CCNc1ccc2cncc(Cl)c2c1. The number of fused-ring (bicyclic) bond motifs is 1. The fourth-order valence-corrected chi connectivity index (χ4v) is 1.88. The van der Waals surface area contributed by atoms with Gasteiger partial charge in [0, 0.05) is 41.9 Å². The monoisotopic (exact) mass is 249 g/mol. The predicted molar refractivity (Wildman–Crippen MR) is 73.8 cm³/mol. The van der Waals surface area contributed by atoms with Gasteiger partial charge in [-0.3, -0.25) is 4.98 Å². The largest absolute Gasteiger partial charge is 0.384 e. The minimum Gasteiger partial charge on any atom is -0.384 e. The molecule has 1 heterocycles. The Morgan fingerprint density at radius 2 is 2.12 bits per heavy atom. The summed E-state index contributed by atoms with van der Waals surface area (Å²) in [4.78, 5) is 6.21. The minimum absolute atomic E-state index is 0.693. The van der Waals surface area contributed by atoms with Gasteiger partial charge < -0.3 is 10.2 Å². The van der Waals surface area contributed by atoms with E-state index in [9.17, 15) is 0 Å². The highest BCUT2D eigenvalue weighted by Crippen LogP contribution is 2.24. The van der Waals surface area contributed by atoms with E-state index < -0.39 is 0 Å². The molecule has 0 saturated carbocycles. The lowest BCUT2D eigenvalue weighted by Gasteiger charge is -2.12. The van der Waals surface area contributed by atoms with E-state index in [2.05, 4.69) is 41.4 Å². The second kappa shape index (κ2) is 5.34. The number of aromatic nitrogens is 1. The first-order chi connectivity index (χ1) is 8.16. The summed E-state index contributed by atoms with van der Waals surface area (Å²) in [7, 11) is 4.12. The van der Waals surface area contributed by atoms with Gasteiger partial charge >= 0.3 is 0 Å². The van der Waals surface area contributed by atoms with Gasteiger partial charge in [-0.1, -0.05) is 17.7 Å². The fourth-order valence-electron chi connectivity index (χ4n) is 1.66. The molecule has 0 atom stereocenters. The Kier molecular flexibility index (Phi) is 3.82. The van der Waals surface area contributed by atoms with Crippen LogP contribution in [0.2, 0.25) is 5.02 Å². The van der Waals surface area contributed by atoms with Gasteiger partial charge in [0.15, 0.2) is 0 Å². The molecular weight excluding hydrogens is 234 g/mol. The third kappa shape index (κ3) is 3.08. The molecule has 0 aliphatic heterocycles. The standard InChI is InChI=1S/C13H16ClN3/c1-17(2)6-5-16-11-4-3-10-8-15-9-13(14)12(10)7-11/h3-4,7-9,16H,5-6H2,1-2H3. The second-order valence-corrected chi connectivity index (χ2v) is 4.69. The van der Waals surface area contributed by atoms with E-state index in [1.54, 1.807) is 6.20 Å². The average Bonchev–Trinajstić information content (AvgIpc) is 2.30. The van der Waals surface area contributed by atoms with Crippen molar-refractivity contribution in [3.63, 3.8) is 0 Å². The summed E-state index contributed by atoms with van der Waals surface area (Å²) in [6, 6.07) is 6.15. The Balaban J connectivity index is 2.17. The van der Waals surface area contributed by atoms with Crippen molar-refractivity contribution in [2.45, 2.75) is 0 Å². The molecule has 0 spiro atoms. The Morgan fingerprint density at radius 1 is 1.29 bits per heavy atom. The van der Waals surface area contributed by atoms with Crippen molar-refractivity contribution in [1.29, 1.82) is 0 Å². The molecule has 2 rings (SSSR count). The number of hydrogen-bond acceptors (Lipinski definition) is 3. The quantitative estimate of drug-likeness (QED) is 0.903. The molecule has 17 heavy (non-hydrogen) atoms. The summed E-state index contributed by atoms with van der Waals surface area (Å²) in [5.41, 5.74) is 1.09. The first-order valence-electron chi connectivity index (χ1n) is 5.58. The molecule has 2 aromatic rings. The van der Waals surface area contributed by atoms with Crippen LogP contribution in [0.25, 0.3) is 10.8 Å². The van der Waals surface area contributed by atoms with E-state index in [0.29, 0.717) is 5.02 Å². The van der Waals surface area contributed by atoms with E-state index in [-0.39, 0.29) is 0 Å². The predicted octanol–water partition coefficient (Wildman–Crippen LogP) is 2.86. The highest BCUT2D eigenvalue weighted by Gasteiger charge is 2.00. The van der Waals surface area contributed by atoms with Crippen molar-refractivity contribution in [1.82, 2.24) is 9.88 Å². The van der Waals surface area contributed by atoms with Gasteiger partial charge in [0.25, 0.3) is 0 Å². The van der Waals surface area contributed by atoms with Gasteiger partial charge in [0.05, 0.1) is 5.02 Å². The molecule has 1 aromatic heterocycles. The van der Waals surface area contributed by atoms with Crippen LogP contribution in [-0.2, 0) is 0 Å². The van der Waals surface area contributed by atoms with E-state index >= 15 is 0 Å². The maximum atomic E-state index is 6.11. The molecule has 0 radical (unpaired) electrons. The van der Waals surface area contributed by atoms with Crippen molar-refractivity contribution in [2.24, 2.45) is 0 Å². The van der Waals surface area contributed by atoms with Crippen LogP contribution in [0.3, 0.4) is 0 Å². The number of hydrogen-bond donors (Lipinski definition) is 1. The second-order valence-electron chi connectivity index (χ2n) is 4.29. The third-order valence-electron chi connectivity index (χ3n) is 2.60. The van der Waals surface area contributed by atoms with Crippen molar-refractivity contribution in [3.8, 4) is 0 Å². The third-order valence-corrected chi connectivity index (χ3v) is 2.90. The lowest BCUT2D eigenvalue weighted by Crippen LogP contribution is -2.20. The van der Waals surface area contributed by atoms with Gasteiger partial charge in [-0.2, -0.15) is 0 Å². The number of nitrogens with zero attached hydrogens (tertiary/aromatic N) is 2. The molecule has 4 heteroatoms. The first-order valence-corrected chi connectivity index (χ1v) is 5.96. The lowest BCUT2D eigenvalue weighted by atomic mass is 10.1. The van der Waals surface area contributed by atoms with Crippen molar-refractivity contribution in [2.75, 3.05) is 32.5 Å². The molecule has 0 unspecified atom stereocenters. The van der Waals surface area contributed by atoms with Crippen LogP contribution in [0.4, 0.5) is 5.69 Å². The molecule has 0 bridgehead atoms. The number of halogens is 1. The highest BCUT2D eigenvalue weighted by atomic mass is 35.5. The Labute approximate surface area is 106 Å². The van der Waals surface area contributed by atoms with Crippen molar-refractivity contribution in [3.05, 3.63) is 35.6 Å². The Morgan fingerprint density at radius 3 is 2.88 bits per heavy atom. The van der Waals surface area contributed by atoms with E-state index in [4.69, 9.17) is 11.6 Å². The average molecular weight is 250 g/mol. The molecule has 3 nitrogen and oxygen atoms in total. The number of likely N-dealkylation sites (N-methyl/N-ethyl adjacent to an activating group) is 1. The Bertz CT molecular complexity index is 511. The zero-order valence-electron chi connectivity index (χ0n) is 10.1. The number of rotatable bonds is 4. The number of pyridine rings is 1. The fraction of sp³-hybridized carbons (Fsp3) is 0.308. The molecule has 0 saturated heterocycles. The number of benzene rings is 1. The summed E-state index contributed by atoms with van der Waals surface area (Å²) < 4.78 is 0. The van der Waals surface area contributed by atoms with E-state index in [1.165, 1.54) is 0 Å². The zero-order valence-corrected chi connectivity index (χ0v) is 10.8. The Hall–Kier alpha value is -1.32. The molecule has 0 amide bonds. The summed E-state index contributed by atoms with van der Waals surface area (Å²) >= 11 is 6.11. The normalized spacial score (nSPS) is 11.1. The molecule has 1 aromatic carbocycles. The van der Waals surface area contributed by atoms with Crippen LogP contribution < -0.4 is 5.32 Å². The maximum Gasteiger partial charge on any atom is 0.0668 e. The highest BCUT2D eigenvalue weighted by molar-refractivity contribution is 6.35. The van der Waals surface area contributed by atoms with Crippen LogP contribution in [0, 0.1) is 0 Å². The van der Waals surface area contributed by atoms with Crippen LogP contribution in [-0.4, -0.2) is 37.1 Å². The van der Waals surface area contributed by atoms with E-state index in [1.807, 2.05) is 12.3 Å². The van der Waals surface area contributed by atoms with Gasteiger partial charge in [-0.05, 0) is 26.2 Å². The zero-order chi connectivity index (χ0) is 12.3. The van der Waals surface area contributed by atoms with Crippen LogP contribution >= 0.6 is 11.6 Å². The smallest absolute Gasteiger partial charge is 0.0668 e. The van der Waals surface area contributed by atoms with Gasteiger partial charge in [-0.15, -0.1) is 0 Å². The van der Waals surface area contributed by atoms with Crippen molar-refractivity contribution >= 4 is 28.1 Å². The molecule has 0 aliphatic rings. The van der Waals surface area contributed by atoms with Gasteiger partial charge in [-0.25, -0.2) is 0 Å². The van der Waals surface area contributed by atoms with Crippen molar-refractivity contribution < 1.29 is 0 Å². The first kappa shape index (κ1) is 12.1. The molecule has 0 aliphatic carbocycles. The van der Waals surface area contributed by atoms with E-state index in [0.717, 1.165) is 29.5 Å². The summed E-state index contributed by atoms with van der Waals surface area (Å²) in [5.74, 6) is 0. The van der Waals surface area contributed by atoms with Gasteiger partial charge in [0.1, 0.15) is 0 Å². The molecular formula is C13H16ClN3. The topological polar surface area (TPSA) is 28.2 Å². The minimum atomic E-state index is 0.693. The van der Waals surface area contributed by atoms with Crippen LogP contribution in [0.15, 0.2) is 30.6 Å². The molecule has 0 fully saturated rings. The summed E-state index contributed by atoms with van der Waals surface area (Å²) in [5, 5.41) is 6.17. The number of anilines is 1. The van der Waals surface area contributed by atoms with Crippen LogP contribution in [0.5, 0.6) is 0 Å². The number of nitrogens with one attached hydrogen (secondary N) is 1.